The van der Waals surface area contributed by atoms with Crippen molar-refractivity contribution in [3.05, 3.63) is 84.6 Å². The van der Waals surface area contributed by atoms with Crippen LogP contribution in [0.25, 0.3) is 16.6 Å². The molecule has 47 heavy (non-hydrogen) atoms. The van der Waals surface area contributed by atoms with E-state index in [2.05, 4.69) is 37.1 Å². The molecule has 6 heterocycles. The predicted molar refractivity (Wildman–Crippen MR) is 174 cm³/mol. The number of aromatic nitrogens is 7. The second-order valence-electron chi connectivity index (χ2n) is 13.0. The van der Waals surface area contributed by atoms with Gasteiger partial charge in [0.1, 0.15) is 17.7 Å². The Hall–Kier alpha value is -4.46. The fourth-order valence-corrected chi connectivity index (χ4v) is 6.52. The summed E-state index contributed by atoms with van der Waals surface area (Å²) in [6.07, 6.45) is 16.3. The second-order valence-corrected chi connectivity index (χ2v) is 13.0. The summed E-state index contributed by atoms with van der Waals surface area (Å²) in [5, 5.41) is 9.23. The molecule has 4 aromatic heterocycles. The molecule has 0 radical (unpaired) electrons. The van der Waals surface area contributed by atoms with Crippen LogP contribution in [0, 0.1) is 11.7 Å². The number of halogens is 1. The van der Waals surface area contributed by atoms with Crippen LogP contribution in [0.5, 0.6) is 0 Å². The summed E-state index contributed by atoms with van der Waals surface area (Å²) in [5.74, 6) is 1.72. The van der Waals surface area contributed by atoms with Crippen LogP contribution in [0.1, 0.15) is 56.4 Å². The highest BCUT2D eigenvalue weighted by molar-refractivity contribution is 5.77. The minimum absolute atomic E-state index is 0.106. The third kappa shape index (κ3) is 6.06. The molecule has 1 aliphatic carbocycles. The number of nitrogens with two attached hydrogens (primary N) is 1. The van der Waals surface area contributed by atoms with Gasteiger partial charge in [-0.1, -0.05) is 12.1 Å². The largest absolute Gasteiger partial charge is 0.353 e. The first-order chi connectivity index (χ1) is 22.9. The van der Waals surface area contributed by atoms with Crippen molar-refractivity contribution in [3.8, 4) is 11.1 Å². The first-order valence-electron chi connectivity index (χ1n) is 16.4. The lowest BCUT2D eigenvalue weighted by Crippen LogP contribution is -2.47. The van der Waals surface area contributed by atoms with E-state index < -0.39 is 5.54 Å². The van der Waals surface area contributed by atoms with E-state index in [0.717, 1.165) is 98.5 Å². The number of ether oxygens (including phenoxy) is 2. The maximum Gasteiger partial charge on any atom is 0.225 e. The summed E-state index contributed by atoms with van der Waals surface area (Å²) in [4.78, 5) is 18.4. The minimum atomic E-state index is -0.839. The molecule has 3 atom stereocenters. The SMILES string of the molecule is CC(N)(c1ccc(F)cc1)c1cnc(N2CCN(c3ncnn4cc(-c5cnn(C(OC6CCCCO6)C6CC6)c5)cc34)CC2)nc1. The molecule has 2 aliphatic heterocycles. The number of anilines is 2. The van der Waals surface area contributed by atoms with Gasteiger partial charge in [0.25, 0.3) is 0 Å². The van der Waals surface area contributed by atoms with Crippen molar-refractivity contribution < 1.29 is 13.9 Å². The van der Waals surface area contributed by atoms with Gasteiger partial charge in [-0.2, -0.15) is 10.2 Å². The zero-order valence-corrected chi connectivity index (χ0v) is 26.5. The molecule has 12 nitrogen and oxygen atoms in total. The quantitative estimate of drug-likeness (QED) is 0.246. The van der Waals surface area contributed by atoms with Crippen molar-refractivity contribution in [2.45, 2.75) is 57.1 Å². The number of fused-ring (bicyclic) bond motifs is 1. The first-order valence-corrected chi connectivity index (χ1v) is 16.4. The van der Waals surface area contributed by atoms with E-state index in [9.17, 15) is 4.39 Å². The summed E-state index contributed by atoms with van der Waals surface area (Å²) in [6, 6.07) is 8.35. The number of piperazine rings is 1. The van der Waals surface area contributed by atoms with Gasteiger partial charge >= 0.3 is 0 Å². The molecule has 8 rings (SSSR count). The highest BCUT2D eigenvalue weighted by Crippen LogP contribution is 2.42. The van der Waals surface area contributed by atoms with Gasteiger partial charge in [-0.15, -0.1) is 0 Å². The number of hydrogen-bond donors (Lipinski definition) is 1. The Morgan fingerprint density at radius 2 is 1.66 bits per heavy atom. The predicted octanol–water partition coefficient (Wildman–Crippen LogP) is 4.52. The standard InChI is InChI=1S/C34H39FN10O2/c1-34(36,26-7-9-28(35)10-8-26)27-18-37-33(38-19-27)43-13-11-42(12-14-43)31-29-16-24(20-44(29)41-22-39-31)25-17-40-45(21-25)32(23-5-6-23)47-30-4-2-3-15-46-30/h7-10,16-23,30,32H,2-6,11-15,36H2,1H3. The Kier molecular flexibility index (Phi) is 7.82. The van der Waals surface area contributed by atoms with Gasteiger partial charge in [-0.25, -0.2) is 28.5 Å². The molecule has 2 N–H and O–H groups in total. The average molecular weight is 639 g/mol. The van der Waals surface area contributed by atoms with Crippen LogP contribution in [0.15, 0.2) is 67.6 Å². The minimum Gasteiger partial charge on any atom is -0.353 e. The van der Waals surface area contributed by atoms with Crippen molar-refractivity contribution in [2.75, 3.05) is 42.6 Å². The number of benzene rings is 1. The van der Waals surface area contributed by atoms with Gasteiger partial charge in [0, 0.05) is 80.2 Å². The fraction of sp³-hybridized carbons (Fsp3) is 0.441. The Balaban J connectivity index is 0.947. The summed E-state index contributed by atoms with van der Waals surface area (Å²) in [7, 11) is 0. The number of hydrogen-bond acceptors (Lipinski definition) is 10. The lowest BCUT2D eigenvalue weighted by molar-refractivity contribution is -0.214. The molecule has 0 bridgehead atoms. The first kappa shape index (κ1) is 29.9. The van der Waals surface area contributed by atoms with Crippen molar-refractivity contribution >= 4 is 17.3 Å². The van der Waals surface area contributed by atoms with Crippen molar-refractivity contribution in [2.24, 2.45) is 11.7 Å². The fourth-order valence-electron chi connectivity index (χ4n) is 6.52. The maximum absolute atomic E-state index is 13.4. The number of rotatable bonds is 9. The van der Waals surface area contributed by atoms with E-state index >= 15 is 0 Å². The Bertz CT molecular complexity index is 1820. The van der Waals surface area contributed by atoms with Gasteiger partial charge in [-0.05, 0) is 62.8 Å². The van der Waals surface area contributed by atoms with E-state index in [1.54, 1.807) is 30.9 Å². The van der Waals surface area contributed by atoms with Crippen LogP contribution in [0.4, 0.5) is 16.2 Å². The van der Waals surface area contributed by atoms with E-state index in [1.165, 1.54) is 12.1 Å². The van der Waals surface area contributed by atoms with Gasteiger partial charge in [0.05, 0.1) is 11.7 Å². The lowest BCUT2D eigenvalue weighted by Gasteiger charge is -2.35. The lowest BCUT2D eigenvalue weighted by atomic mass is 9.87. The summed E-state index contributed by atoms with van der Waals surface area (Å²) >= 11 is 0. The third-order valence-corrected chi connectivity index (χ3v) is 9.58. The molecule has 1 aromatic carbocycles. The molecule has 3 fully saturated rings. The van der Waals surface area contributed by atoms with Crippen LogP contribution in [-0.2, 0) is 15.0 Å². The zero-order chi connectivity index (χ0) is 32.0. The topological polar surface area (TPSA) is 125 Å². The van der Waals surface area contributed by atoms with Gasteiger partial charge in [-0.3, -0.25) is 0 Å². The van der Waals surface area contributed by atoms with Gasteiger partial charge in [0.2, 0.25) is 5.95 Å². The summed E-state index contributed by atoms with van der Waals surface area (Å²) in [6.45, 7) is 5.62. The van der Waals surface area contributed by atoms with Crippen LogP contribution in [0.3, 0.4) is 0 Å². The maximum atomic E-state index is 13.4. The van der Waals surface area contributed by atoms with E-state index in [1.807, 2.05) is 28.5 Å². The highest BCUT2D eigenvalue weighted by atomic mass is 19.1. The average Bonchev–Trinajstić information content (AvgIpc) is 3.66. The second kappa shape index (κ2) is 12.3. The molecule has 3 unspecified atom stereocenters. The molecule has 5 aromatic rings. The van der Waals surface area contributed by atoms with Crippen LogP contribution < -0.4 is 15.5 Å². The Morgan fingerprint density at radius 3 is 2.38 bits per heavy atom. The van der Waals surface area contributed by atoms with Gasteiger partial charge < -0.3 is 25.0 Å². The molecule has 2 saturated heterocycles. The molecule has 0 amide bonds. The molecule has 1 saturated carbocycles. The number of nitrogens with zero attached hydrogens (tertiary/aromatic N) is 9. The molecule has 3 aliphatic rings. The van der Waals surface area contributed by atoms with Crippen LogP contribution in [-0.4, -0.2) is 73.4 Å². The molecular formula is C34H39FN10O2. The van der Waals surface area contributed by atoms with Crippen molar-refractivity contribution in [1.82, 2.24) is 34.3 Å². The summed E-state index contributed by atoms with van der Waals surface area (Å²) < 4.78 is 29.6. The van der Waals surface area contributed by atoms with Crippen LogP contribution >= 0.6 is 0 Å². The van der Waals surface area contributed by atoms with Crippen molar-refractivity contribution in [1.29, 1.82) is 0 Å². The normalized spacial score (nSPS) is 20.8. The molecule has 0 spiro atoms. The smallest absolute Gasteiger partial charge is 0.225 e. The highest BCUT2D eigenvalue weighted by Gasteiger charge is 2.36. The Labute approximate surface area is 272 Å². The molecule has 244 valence electrons. The molecule has 13 heteroatoms. The van der Waals surface area contributed by atoms with E-state index in [0.29, 0.717) is 11.9 Å². The summed E-state index contributed by atoms with van der Waals surface area (Å²) in [5.41, 5.74) is 10.3. The van der Waals surface area contributed by atoms with E-state index in [4.69, 9.17) is 25.3 Å². The third-order valence-electron chi connectivity index (χ3n) is 9.58. The molecular weight excluding hydrogens is 599 g/mol. The van der Waals surface area contributed by atoms with E-state index in [-0.39, 0.29) is 18.3 Å². The van der Waals surface area contributed by atoms with Gasteiger partial charge in [0.15, 0.2) is 18.3 Å². The Morgan fingerprint density at radius 1 is 0.894 bits per heavy atom. The monoisotopic (exact) mass is 638 g/mol. The zero-order valence-electron chi connectivity index (χ0n) is 26.5. The van der Waals surface area contributed by atoms with Crippen molar-refractivity contribution in [3.63, 3.8) is 0 Å². The van der Waals surface area contributed by atoms with Crippen LogP contribution in [0.2, 0.25) is 0 Å².